The number of carbonyl (C=O) groups is 1. The molecule has 26 heavy (non-hydrogen) atoms. The molecule has 0 aliphatic carbocycles. The third-order valence-electron chi connectivity index (χ3n) is 4.48. The van der Waals surface area contributed by atoms with E-state index in [1.54, 1.807) is 19.1 Å². The van der Waals surface area contributed by atoms with Crippen LogP contribution in [0, 0.1) is 17.2 Å². The lowest BCUT2D eigenvalue weighted by Gasteiger charge is -2.27. The second-order valence-corrected chi connectivity index (χ2v) is 6.80. The van der Waals surface area contributed by atoms with E-state index in [2.05, 4.69) is 11.4 Å². The molecule has 0 fully saturated rings. The molecule has 0 radical (unpaired) electrons. The molecule has 138 valence electrons. The summed E-state index contributed by atoms with van der Waals surface area (Å²) in [5, 5.41) is 12.8. The van der Waals surface area contributed by atoms with Crippen LogP contribution in [0.25, 0.3) is 11.0 Å². The Labute approximate surface area is 152 Å². The number of rotatable bonds is 7. The van der Waals surface area contributed by atoms with E-state index in [1.807, 2.05) is 26.8 Å². The van der Waals surface area contributed by atoms with Crippen LogP contribution in [0.3, 0.4) is 0 Å². The molecule has 1 heterocycles. The summed E-state index contributed by atoms with van der Waals surface area (Å²) in [5.74, 6) is 0.0000650. The van der Waals surface area contributed by atoms with Crippen molar-refractivity contribution in [3.05, 3.63) is 40.2 Å². The first-order valence-electron chi connectivity index (χ1n) is 8.71. The number of amides is 1. The average Bonchev–Trinajstić information content (AvgIpc) is 2.59. The number of nitrogens with zero attached hydrogens (tertiary/aromatic N) is 1. The van der Waals surface area contributed by atoms with Gasteiger partial charge in [0.1, 0.15) is 16.9 Å². The monoisotopic (exact) mass is 356 g/mol. The predicted molar refractivity (Wildman–Crippen MR) is 99.0 cm³/mol. The molecule has 1 aromatic heterocycles. The molecule has 6 nitrogen and oxygen atoms in total. The number of hydrogen-bond acceptors (Lipinski definition) is 5. The van der Waals surface area contributed by atoms with Gasteiger partial charge in [0.2, 0.25) is 0 Å². The van der Waals surface area contributed by atoms with E-state index in [0.717, 1.165) is 23.8 Å². The summed E-state index contributed by atoms with van der Waals surface area (Å²) in [6, 6.07) is 8.79. The topological polar surface area (TPSA) is 92.3 Å². The average molecular weight is 356 g/mol. The van der Waals surface area contributed by atoms with Crippen molar-refractivity contribution in [2.24, 2.45) is 5.92 Å². The lowest BCUT2D eigenvalue weighted by Crippen LogP contribution is -2.50. The minimum atomic E-state index is -0.953. The maximum absolute atomic E-state index is 12.1. The maximum atomic E-state index is 12.1. The zero-order valence-electron chi connectivity index (χ0n) is 15.6. The predicted octanol–water partition coefficient (Wildman–Crippen LogP) is 3.18. The van der Waals surface area contributed by atoms with Crippen LogP contribution in [0.5, 0.6) is 5.75 Å². The molecule has 0 bridgehead atoms. The highest BCUT2D eigenvalue weighted by Gasteiger charge is 2.30. The van der Waals surface area contributed by atoms with Crippen molar-refractivity contribution in [2.45, 2.75) is 46.1 Å². The molecule has 0 saturated heterocycles. The molecule has 1 aromatic carbocycles. The van der Waals surface area contributed by atoms with E-state index in [9.17, 15) is 14.9 Å². The van der Waals surface area contributed by atoms with Crippen LogP contribution in [0.1, 0.15) is 39.7 Å². The SMILES string of the molecule is CCCc1cc(=O)oc2cc(OCC(=O)NC(C)(C#N)C(C)C)ccc12. The van der Waals surface area contributed by atoms with Gasteiger partial charge in [0.25, 0.3) is 5.91 Å². The van der Waals surface area contributed by atoms with Crippen LogP contribution in [0.15, 0.2) is 33.5 Å². The first kappa shape index (κ1) is 19.5. The summed E-state index contributed by atoms with van der Waals surface area (Å²) >= 11 is 0. The van der Waals surface area contributed by atoms with Crippen LogP contribution < -0.4 is 15.7 Å². The fraction of sp³-hybridized carbons (Fsp3) is 0.450. The zero-order valence-corrected chi connectivity index (χ0v) is 15.6. The van der Waals surface area contributed by atoms with Crippen LogP contribution in [0.2, 0.25) is 0 Å². The Morgan fingerprint density at radius 2 is 2.12 bits per heavy atom. The van der Waals surface area contributed by atoms with Gasteiger partial charge in [-0.15, -0.1) is 0 Å². The van der Waals surface area contributed by atoms with Crippen molar-refractivity contribution < 1.29 is 13.9 Å². The minimum absolute atomic E-state index is 0.0385. The molecular weight excluding hydrogens is 332 g/mol. The second kappa shape index (κ2) is 8.05. The van der Waals surface area contributed by atoms with Crippen molar-refractivity contribution in [2.75, 3.05) is 6.61 Å². The highest BCUT2D eigenvalue weighted by Crippen LogP contribution is 2.23. The van der Waals surface area contributed by atoms with E-state index in [-0.39, 0.29) is 18.4 Å². The Bertz CT molecular complexity index is 895. The molecule has 0 aliphatic rings. The number of ether oxygens (including phenoxy) is 1. The first-order valence-corrected chi connectivity index (χ1v) is 8.71. The Kier molecular flexibility index (Phi) is 6.04. The van der Waals surface area contributed by atoms with E-state index >= 15 is 0 Å². The van der Waals surface area contributed by atoms with Crippen LogP contribution in [-0.4, -0.2) is 18.1 Å². The fourth-order valence-corrected chi connectivity index (χ4v) is 2.55. The van der Waals surface area contributed by atoms with Gasteiger partial charge in [0.05, 0.1) is 6.07 Å². The highest BCUT2D eigenvalue weighted by atomic mass is 16.5. The normalized spacial score (nSPS) is 13.2. The summed E-state index contributed by atoms with van der Waals surface area (Å²) < 4.78 is 10.7. The van der Waals surface area contributed by atoms with Gasteiger partial charge >= 0.3 is 5.63 Å². The lowest BCUT2D eigenvalue weighted by molar-refractivity contribution is -0.124. The maximum Gasteiger partial charge on any atom is 0.336 e. The highest BCUT2D eigenvalue weighted by molar-refractivity contribution is 5.82. The quantitative estimate of drug-likeness (QED) is 0.769. The summed E-state index contributed by atoms with van der Waals surface area (Å²) in [6.45, 7) is 7.22. The van der Waals surface area contributed by atoms with E-state index in [1.165, 1.54) is 6.07 Å². The van der Waals surface area contributed by atoms with Gasteiger partial charge in [-0.3, -0.25) is 4.79 Å². The van der Waals surface area contributed by atoms with Gasteiger partial charge < -0.3 is 14.5 Å². The number of carbonyl (C=O) groups excluding carboxylic acids is 1. The van der Waals surface area contributed by atoms with E-state index in [0.29, 0.717) is 11.3 Å². The molecule has 2 rings (SSSR count). The number of nitrogens with one attached hydrogen (secondary N) is 1. The van der Waals surface area contributed by atoms with Crippen molar-refractivity contribution in [3.8, 4) is 11.8 Å². The van der Waals surface area contributed by atoms with Gasteiger partial charge in [-0.25, -0.2) is 4.79 Å². The summed E-state index contributed by atoms with van der Waals surface area (Å²) in [7, 11) is 0. The molecule has 1 N–H and O–H groups in total. The lowest BCUT2D eigenvalue weighted by atomic mass is 9.90. The number of nitriles is 1. The Morgan fingerprint density at radius 1 is 1.38 bits per heavy atom. The van der Waals surface area contributed by atoms with Crippen LogP contribution in [-0.2, 0) is 11.2 Å². The number of fused-ring (bicyclic) bond motifs is 1. The van der Waals surface area contributed by atoms with E-state index < -0.39 is 11.2 Å². The van der Waals surface area contributed by atoms with E-state index in [4.69, 9.17) is 9.15 Å². The minimum Gasteiger partial charge on any atom is -0.484 e. The van der Waals surface area contributed by atoms with Crippen molar-refractivity contribution in [3.63, 3.8) is 0 Å². The third kappa shape index (κ3) is 4.42. The summed E-state index contributed by atoms with van der Waals surface area (Å²) in [4.78, 5) is 23.8. The van der Waals surface area contributed by atoms with Gasteiger partial charge in [-0.05, 0) is 37.0 Å². The Balaban J connectivity index is 2.13. The molecule has 0 aliphatic heterocycles. The molecule has 1 amide bonds. The van der Waals surface area contributed by atoms with Gasteiger partial charge in [0.15, 0.2) is 6.61 Å². The summed E-state index contributed by atoms with van der Waals surface area (Å²) in [6.07, 6.45) is 1.71. The summed E-state index contributed by atoms with van der Waals surface area (Å²) in [5.41, 5.74) is 0.0105. The second-order valence-electron chi connectivity index (χ2n) is 6.80. The van der Waals surface area contributed by atoms with Gasteiger partial charge in [-0.2, -0.15) is 5.26 Å². The number of hydrogen-bond donors (Lipinski definition) is 1. The van der Waals surface area contributed by atoms with Gasteiger partial charge in [-0.1, -0.05) is 27.2 Å². The fourth-order valence-electron chi connectivity index (χ4n) is 2.55. The van der Waals surface area contributed by atoms with Gasteiger partial charge in [0, 0.05) is 17.5 Å². The molecule has 0 saturated carbocycles. The molecule has 0 spiro atoms. The molecule has 1 atom stereocenters. The standard InChI is InChI=1S/C20H24N2O4/c1-5-6-14-9-19(24)26-17-10-15(7-8-16(14)17)25-11-18(23)22-20(4,12-21)13(2)3/h7-10,13H,5-6,11H2,1-4H3,(H,22,23). The number of aryl methyl sites for hydroxylation is 1. The van der Waals surface area contributed by atoms with Crippen LogP contribution in [0.4, 0.5) is 0 Å². The van der Waals surface area contributed by atoms with Crippen molar-refractivity contribution in [1.82, 2.24) is 5.32 Å². The Hall–Kier alpha value is -2.81. The third-order valence-corrected chi connectivity index (χ3v) is 4.48. The first-order chi connectivity index (χ1) is 12.3. The molecule has 2 aromatic rings. The molecular formula is C20H24N2O4. The number of benzene rings is 1. The van der Waals surface area contributed by atoms with Crippen molar-refractivity contribution in [1.29, 1.82) is 5.26 Å². The molecule has 6 heteroatoms. The van der Waals surface area contributed by atoms with Crippen molar-refractivity contribution >= 4 is 16.9 Å². The largest absolute Gasteiger partial charge is 0.484 e. The zero-order chi connectivity index (χ0) is 19.3. The molecule has 1 unspecified atom stereocenters. The smallest absolute Gasteiger partial charge is 0.336 e. The van der Waals surface area contributed by atoms with Crippen LogP contribution >= 0.6 is 0 Å². The Morgan fingerprint density at radius 3 is 2.73 bits per heavy atom.